The first-order valence-electron chi connectivity index (χ1n) is 29.3. The quantitative estimate of drug-likeness (QED) is 0.0222. The molecule has 0 aliphatic rings. The Morgan fingerprint density at radius 1 is 0.360 bits per heavy atom. The summed E-state index contributed by atoms with van der Waals surface area (Å²) in [6, 6.07) is 0. The number of unbranched alkanes of at least 4 members (excludes halogenated alkanes) is 22. The highest BCUT2D eigenvalue weighted by molar-refractivity contribution is 7.47. The molecule has 0 rings (SSSR count). The van der Waals surface area contributed by atoms with Crippen molar-refractivity contribution in [1.29, 1.82) is 0 Å². The highest BCUT2D eigenvalue weighted by Gasteiger charge is 2.30. The molecule has 0 bridgehead atoms. The van der Waals surface area contributed by atoms with Crippen LogP contribution in [0.3, 0.4) is 0 Å². The minimum atomic E-state index is -4.93. The highest BCUT2D eigenvalue weighted by atomic mass is 31.2. The monoisotopic (exact) mass is 1110 g/mol. The van der Waals surface area contributed by atoms with Crippen LogP contribution in [0, 0.1) is 17.8 Å². The number of hydrogen-bond acceptors (Lipinski definition) is 15. The molecule has 5 atom stereocenters. The van der Waals surface area contributed by atoms with E-state index in [2.05, 4.69) is 48.5 Å². The van der Waals surface area contributed by atoms with Crippen molar-refractivity contribution in [3.05, 3.63) is 0 Å². The zero-order valence-electron chi connectivity index (χ0n) is 48.0. The Hall–Kier alpha value is -1.94. The SMILES string of the molecule is CCCCCCCCCC(=O)OC[C@H](COP(=O)(O)OC[C@H](O)COP(=O)(O)OC[C@@H](COC(=O)CCCCCCCCC(C)C)OC(=O)CCCCCCCCCC(C)C)OC(=O)CCCCCCCCC(C)C. The van der Waals surface area contributed by atoms with Gasteiger partial charge in [0.1, 0.15) is 19.3 Å². The second kappa shape index (κ2) is 48.0. The van der Waals surface area contributed by atoms with E-state index in [0.29, 0.717) is 43.4 Å². The smallest absolute Gasteiger partial charge is 0.462 e. The second-order valence-electron chi connectivity index (χ2n) is 21.8. The van der Waals surface area contributed by atoms with Crippen molar-refractivity contribution in [2.24, 2.45) is 17.8 Å². The third-order valence-corrected chi connectivity index (χ3v) is 14.5. The van der Waals surface area contributed by atoms with Crippen molar-refractivity contribution >= 4 is 39.5 Å². The summed E-state index contributed by atoms with van der Waals surface area (Å²) < 4.78 is 67.5. The van der Waals surface area contributed by atoms with E-state index in [-0.39, 0.29) is 25.7 Å². The molecule has 444 valence electrons. The van der Waals surface area contributed by atoms with Gasteiger partial charge >= 0.3 is 39.5 Å². The number of carbonyl (C=O) groups excluding carboxylic acids is 4. The summed E-state index contributed by atoms with van der Waals surface area (Å²) in [7, 11) is -9.87. The Bertz CT molecular complexity index is 1510. The van der Waals surface area contributed by atoms with Gasteiger partial charge in [-0.25, -0.2) is 9.13 Å². The molecule has 0 amide bonds. The fourth-order valence-corrected chi connectivity index (χ4v) is 9.65. The summed E-state index contributed by atoms with van der Waals surface area (Å²) in [4.78, 5) is 71.6. The van der Waals surface area contributed by atoms with E-state index >= 15 is 0 Å². The predicted octanol–water partition coefficient (Wildman–Crippen LogP) is 14.4. The Labute approximate surface area is 454 Å². The van der Waals surface area contributed by atoms with Gasteiger partial charge in [0.15, 0.2) is 12.2 Å². The number of ether oxygens (including phenoxy) is 4. The summed E-state index contributed by atoms with van der Waals surface area (Å²) in [5.74, 6) is -0.114. The van der Waals surface area contributed by atoms with Crippen molar-refractivity contribution in [3.63, 3.8) is 0 Å². The molecule has 0 aromatic carbocycles. The number of hydrogen-bond donors (Lipinski definition) is 3. The Kier molecular flexibility index (Phi) is 46.8. The van der Waals surface area contributed by atoms with Crippen molar-refractivity contribution in [2.75, 3.05) is 39.6 Å². The van der Waals surface area contributed by atoms with Crippen LogP contribution in [0.1, 0.15) is 260 Å². The Morgan fingerprint density at radius 2 is 0.613 bits per heavy atom. The van der Waals surface area contributed by atoms with Crippen LogP contribution in [-0.4, -0.2) is 96.7 Å². The van der Waals surface area contributed by atoms with E-state index in [0.717, 1.165) is 109 Å². The topological polar surface area (TPSA) is 237 Å². The van der Waals surface area contributed by atoms with E-state index in [4.69, 9.17) is 37.0 Å². The molecule has 0 spiro atoms. The standard InChI is InChI=1S/C56H108O17P2/c1-8-9-10-11-13-23-30-37-53(58)66-43-52(73-56(61)40-33-26-19-17-22-29-36-49(6)7)46-71-75(64,65)69-42-50(57)41-68-74(62,63)70-45-51(44-67-54(59)38-31-24-18-16-21-28-35-48(4)5)72-55(60)39-32-25-15-12-14-20-27-34-47(2)3/h47-52,57H,8-46H2,1-7H3,(H,62,63)(H,64,65)/t50-,51-,52-/m1/s1. The Balaban J connectivity index is 5.22. The first-order chi connectivity index (χ1) is 35.7. The van der Waals surface area contributed by atoms with Crippen LogP contribution in [0.4, 0.5) is 0 Å². The van der Waals surface area contributed by atoms with Crippen LogP contribution in [0.25, 0.3) is 0 Å². The van der Waals surface area contributed by atoms with Gasteiger partial charge < -0.3 is 33.8 Å². The van der Waals surface area contributed by atoms with Crippen LogP contribution in [0.2, 0.25) is 0 Å². The third-order valence-electron chi connectivity index (χ3n) is 12.6. The summed E-state index contributed by atoms with van der Waals surface area (Å²) in [5.41, 5.74) is 0. The molecule has 0 saturated carbocycles. The minimum Gasteiger partial charge on any atom is -0.462 e. The molecular weight excluding hydrogens is 1010 g/mol. The fraction of sp³-hybridized carbons (Fsp3) is 0.929. The molecule has 0 aromatic rings. The van der Waals surface area contributed by atoms with Crippen LogP contribution >= 0.6 is 15.6 Å². The van der Waals surface area contributed by atoms with Crippen LogP contribution in [0.5, 0.6) is 0 Å². The maximum absolute atomic E-state index is 12.9. The molecule has 0 aliphatic heterocycles. The first-order valence-corrected chi connectivity index (χ1v) is 32.3. The maximum atomic E-state index is 12.9. The lowest BCUT2D eigenvalue weighted by Crippen LogP contribution is -2.30. The number of aliphatic hydroxyl groups excluding tert-OH is 1. The number of aliphatic hydroxyl groups is 1. The normalized spacial score (nSPS) is 14.6. The van der Waals surface area contributed by atoms with E-state index in [1.807, 2.05) is 0 Å². The molecule has 0 aliphatic carbocycles. The summed E-state index contributed by atoms with van der Waals surface area (Å²) in [5, 5.41) is 10.5. The maximum Gasteiger partial charge on any atom is 0.472 e. The molecule has 75 heavy (non-hydrogen) atoms. The van der Waals surface area contributed by atoms with Crippen molar-refractivity contribution in [2.45, 2.75) is 279 Å². The largest absolute Gasteiger partial charge is 0.472 e. The van der Waals surface area contributed by atoms with Crippen molar-refractivity contribution in [1.82, 2.24) is 0 Å². The van der Waals surface area contributed by atoms with Gasteiger partial charge in [0, 0.05) is 25.7 Å². The molecular formula is C56H108O17P2. The van der Waals surface area contributed by atoms with Crippen LogP contribution < -0.4 is 0 Å². The van der Waals surface area contributed by atoms with E-state index in [1.54, 1.807) is 0 Å². The molecule has 0 heterocycles. The lowest BCUT2D eigenvalue weighted by Gasteiger charge is -2.21. The molecule has 0 fully saturated rings. The number of phosphoric ester groups is 2. The predicted molar refractivity (Wildman–Crippen MR) is 294 cm³/mol. The fourth-order valence-electron chi connectivity index (χ4n) is 8.07. The van der Waals surface area contributed by atoms with Crippen molar-refractivity contribution < 1.29 is 80.2 Å². The van der Waals surface area contributed by atoms with E-state index in [1.165, 1.54) is 51.4 Å². The van der Waals surface area contributed by atoms with Gasteiger partial charge in [-0.1, -0.05) is 209 Å². The molecule has 0 saturated heterocycles. The van der Waals surface area contributed by atoms with E-state index < -0.39 is 97.5 Å². The number of esters is 4. The lowest BCUT2D eigenvalue weighted by atomic mass is 10.0. The average molecular weight is 1120 g/mol. The molecule has 2 unspecified atom stereocenters. The number of carbonyl (C=O) groups is 4. The molecule has 3 N–H and O–H groups in total. The van der Waals surface area contributed by atoms with Gasteiger partial charge in [0.25, 0.3) is 0 Å². The van der Waals surface area contributed by atoms with Gasteiger partial charge in [0.2, 0.25) is 0 Å². The molecule has 0 aromatic heterocycles. The third kappa shape index (κ3) is 51.3. The average Bonchev–Trinajstić information content (AvgIpc) is 3.34. The summed E-state index contributed by atoms with van der Waals surface area (Å²) in [6.45, 7) is 11.4. The van der Waals surface area contributed by atoms with Crippen LogP contribution in [0.15, 0.2) is 0 Å². The summed E-state index contributed by atoms with van der Waals surface area (Å²) >= 11 is 0. The first kappa shape index (κ1) is 73.1. The number of phosphoric acid groups is 2. The van der Waals surface area contributed by atoms with Gasteiger partial charge in [-0.05, 0) is 43.4 Å². The second-order valence-corrected chi connectivity index (χ2v) is 24.7. The minimum absolute atomic E-state index is 0.101. The van der Waals surface area contributed by atoms with Gasteiger partial charge in [-0.2, -0.15) is 0 Å². The van der Waals surface area contributed by atoms with Crippen molar-refractivity contribution in [3.8, 4) is 0 Å². The van der Waals surface area contributed by atoms with Gasteiger partial charge in [0.05, 0.1) is 26.4 Å². The zero-order chi connectivity index (χ0) is 56.0. The molecule has 0 radical (unpaired) electrons. The number of rotatable bonds is 54. The molecule has 19 heteroatoms. The lowest BCUT2D eigenvalue weighted by molar-refractivity contribution is -0.161. The van der Waals surface area contributed by atoms with Gasteiger partial charge in [-0.15, -0.1) is 0 Å². The Morgan fingerprint density at radius 3 is 0.907 bits per heavy atom. The van der Waals surface area contributed by atoms with Crippen LogP contribution in [-0.2, 0) is 65.4 Å². The van der Waals surface area contributed by atoms with Gasteiger partial charge in [-0.3, -0.25) is 37.3 Å². The molecule has 17 nitrogen and oxygen atoms in total. The summed E-state index contributed by atoms with van der Waals surface area (Å²) in [6.07, 6.45) is 25.8. The zero-order valence-corrected chi connectivity index (χ0v) is 49.8. The van der Waals surface area contributed by atoms with E-state index in [9.17, 15) is 43.2 Å². The highest BCUT2D eigenvalue weighted by Crippen LogP contribution is 2.45.